The first-order valence-corrected chi connectivity index (χ1v) is 8.65. The Morgan fingerprint density at radius 1 is 1.05 bits per heavy atom. The van der Waals surface area contributed by atoms with Gasteiger partial charge < -0.3 is 10.1 Å². The summed E-state index contributed by atoms with van der Waals surface area (Å²) in [7, 11) is 1.74. The van der Waals surface area contributed by atoms with Gasteiger partial charge in [-0.15, -0.1) is 0 Å². The van der Waals surface area contributed by atoms with Gasteiger partial charge in [-0.2, -0.15) is 0 Å². The molecule has 4 bridgehead atoms. The maximum Gasteiger partial charge on any atom is 0.119 e. The molecule has 0 heterocycles. The first kappa shape index (κ1) is 13.6. The molecule has 0 unspecified atom stereocenters. The van der Waals surface area contributed by atoms with Crippen LogP contribution >= 0.6 is 0 Å². The summed E-state index contributed by atoms with van der Waals surface area (Å²) in [4.78, 5) is 0. The van der Waals surface area contributed by atoms with Crippen LogP contribution in [0, 0.1) is 29.6 Å². The van der Waals surface area contributed by atoms with Crippen LogP contribution in [0.3, 0.4) is 0 Å². The number of hydrogen-bond acceptors (Lipinski definition) is 2. The molecule has 4 aliphatic carbocycles. The molecule has 4 fully saturated rings. The van der Waals surface area contributed by atoms with Gasteiger partial charge in [-0.3, -0.25) is 0 Å². The van der Waals surface area contributed by atoms with Gasteiger partial charge in [-0.25, -0.2) is 0 Å². The zero-order valence-corrected chi connectivity index (χ0v) is 13.1. The molecule has 5 rings (SSSR count). The van der Waals surface area contributed by atoms with Crippen molar-refractivity contribution in [1.82, 2.24) is 5.32 Å². The van der Waals surface area contributed by atoms with Crippen LogP contribution in [0.5, 0.6) is 5.75 Å². The van der Waals surface area contributed by atoms with Crippen molar-refractivity contribution in [3.8, 4) is 5.75 Å². The highest BCUT2D eigenvalue weighted by Gasteiger charge is 2.47. The second-order valence-electron chi connectivity index (χ2n) is 7.58. The van der Waals surface area contributed by atoms with Crippen LogP contribution < -0.4 is 10.1 Å². The Hall–Kier alpha value is -1.02. The van der Waals surface area contributed by atoms with Gasteiger partial charge in [-0.1, -0.05) is 12.1 Å². The lowest BCUT2D eigenvalue weighted by molar-refractivity contribution is -0.0355. The average Bonchev–Trinajstić information content (AvgIpc) is 2.49. The summed E-state index contributed by atoms with van der Waals surface area (Å²) >= 11 is 0. The molecule has 21 heavy (non-hydrogen) atoms. The number of benzene rings is 1. The van der Waals surface area contributed by atoms with Crippen LogP contribution in [-0.4, -0.2) is 13.7 Å². The van der Waals surface area contributed by atoms with Crippen LogP contribution in [0.1, 0.15) is 37.7 Å². The van der Waals surface area contributed by atoms with Crippen molar-refractivity contribution in [3.05, 3.63) is 29.8 Å². The molecule has 0 spiro atoms. The highest BCUT2D eigenvalue weighted by atomic mass is 16.5. The number of rotatable bonds is 5. The third kappa shape index (κ3) is 2.70. The quantitative estimate of drug-likeness (QED) is 0.887. The van der Waals surface area contributed by atoms with Gasteiger partial charge in [-0.05, 0) is 85.9 Å². The molecule has 2 nitrogen and oxygen atoms in total. The fraction of sp³-hybridized carbons (Fsp3) is 0.684. The average molecular weight is 285 g/mol. The zero-order chi connectivity index (χ0) is 14.2. The normalized spacial score (nSPS) is 36.9. The number of ether oxygens (including phenoxy) is 1. The topological polar surface area (TPSA) is 21.3 Å². The minimum atomic E-state index is 0.948. The van der Waals surface area contributed by atoms with Gasteiger partial charge in [0.15, 0.2) is 0 Å². The van der Waals surface area contributed by atoms with E-state index in [1.165, 1.54) is 37.8 Å². The maximum atomic E-state index is 5.30. The largest absolute Gasteiger partial charge is 0.497 e. The van der Waals surface area contributed by atoms with E-state index in [9.17, 15) is 0 Å². The summed E-state index contributed by atoms with van der Waals surface area (Å²) in [6, 6.07) is 8.43. The maximum absolute atomic E-state index is 5.30. The third-order valence-corrected chi connectivity index (χ3v) is 6.27. The summed E-state index contributed by atoms with van der Waals surface area (Å²) < 4.78 is 5.30. The van der Waals surface area contributed by atoms with E-state index < -0.39 is 0 Å². The van der Waals surface area contributed by atoms with E-state index in [1.54, 1.807) is 13.5 Å². The second kappa shape index (κ2) is 5.64. The van der Waals surface area contributed by atoms with E-state index in [4.69, 9.17) is 4.74 Å². The van der Waals surface area contributed by atoms with E-state index in [2.05, 4.69) is 23.5 Å². The SMILES string of the molecule is COc1cccc(CNCC2C3CC4CC(C3)CC2C4)c1. The molecule has 1 N–H and O–H groups in total. The minimum Gasteiger partial charge on any atom is -0.497 e. The predicted octanol–water partition coefficient (Wildman–Crippen LogP) is 3.86. The minimum absolute atomic E-state index is 0.948. The number of hydrogen-bond donors (Lipinski definition) is 1. The molecular weight excluding hydrogens is 258 g/mol. The van der Waals surface area contributed by atoms with Crippen molar-refractivity contribution < 1.29 is 4.74 Å². The molecule has 2 heteroatoms. The highest BCUT2D eigenvalue weighted by Crippen LogP contribution is 2.56. The Morgan fingerprint density at radius 3 is 2.43 bits per heavy atom. The van der Waals surface area contributed by atoms with Gasteiger partial charge in [0, 0.05) is 6.54 Å². The Kier molecular flexibility index (Phi) is 3.66. The molecule has 1 aromatic rings. The van der Waals surface area contributed by atoms with Crippen LogP contribution in [0.15, 0.2) is 24.3 Å². The van der Waals surface area contributed by atoms with Gasteiger partial charge in [0.1, 0.15) is 5.75 Å². The predicted molar refractivity (Wildman–Crippen MR) is 85.2 cm³/mol. The molecule has 4 saturated carbocycles. The van der Waals surface area contributed by atoms with Crippen molar-refractivity contribution in [1.29, 1.82) is 0 Å². The first-order chi connectivity index (χ1) is 10.3. The lowest BCUT2D eigenvalue weighted by Gasteiger charge is -2.54. The summed E-state index contributed by atoms with van der Waals surface area (Å²) in [6.45, 7) is 2.19. The Labute approximate surface area is 128 Å². The van der Waals surface area contributed by atoms with Crippen molar-refractivity contribution >= 4 is 0 Å². The van der Waals surface area contributed by atoms with Crippen LogP contribution in [-0.2, 0) is 6.54 Å². The van der Waals surface area contributed by atoms with Crippen LogP contribution in [0.25, 0.3) is 0 Å². The molecular formula is C19H27NO. The first-order valence-electron chi connectivity index (χ1n) is 8.65. The molecule has 0 aliphatic heterocycles. The van der Waals surface area contributed by atoms with Crippen molar-refractivity contribution in [3.63, 3.8) is 0 Å². The van der Waals surface area contributed by atoms with Gasteiger partial charge in [0.05, 0.1) is 7.11 Å². The van der Waals surface area contributed by atoms with Gasteiger partial charge in [0.25, 0.3) is 0 Å². The molecule has 1 aromatic carbocycles. The molecule has 114 valence electrons. The fourth-order valence-corrected chi connectivity index (χ4v) is 5.54. The summed E-state index contributed by atoms with van der Waals surface area (Å²) in [5.74, 6) is 6.13. The lowest BCUT2D eigenvalue weighted by atomic mass is 9.52. The number of methoxy groups -OCH3 is 1. The fourth-order valence-electron chi connectivity index (χ4n) is 5.54. The van der Waals surface area contributed by atoms with Gasteiger partial charge in [0.2, 0.25) is 0 Å². The molecule has 0 radical (unpaired) electrons. The zero-order valence-electron chi connectivity index (χ0n) is 13.1. The van der Waals surface area contributed by atoms with Crippen LogP contribution in [0.4, 0.5) is 0 Å². The van der Waals surface area contributed by atoms with E-state index in [0.717, 1.165) is 41.9 Å². The van der Waals surface area contributed by atoms with E-state index in [-0.39, 0.29) is 0 Å². The Morgan fingerprint density at radius 2 is 1.76 bits per heavy atom. The number of nitrogens with one attached hydrogen (secondary N) is 1. The smallest absolute Gasteiger partial charge is 0.119 e. The van der Waals surface area contributed by atoms with Crippen molar-refractivity contribution in [2.24, 2.45) is 29.6 Å². The summed E-state index contributed by atoms with van der Waals surface area (Å²) in [6.07, 6.45) is 7.66. The lowest BCUT2D eigenvalue weighted by Crippen LogP contribution is -2.48. The van der Waals surface area contributed by atoms with Crippen LogP contribution in [0.2, 0.25) is 0 Å². The van der Waals surface area contributed by atoms with Crippen molar-refractivity contribution in [2.75, 3.05) is 13.7 Å². The summed E-state index contributed by atoms with van der Waals surface area (Å²) in [5, 5.41) is 3.73. The molecule has 0 atom stereocenters. The standard InChI is InChI=1S/C19H27NO/c1-21-18-4-2-3-13(10-18)11-20-12-19-16-6-14-5-15(8-16)9-17(19)7-14/h2-4,10,14-17,19-20H,5-9,11-12H2,1H3. The Bertz CT molecular complexity index is 470. The van der Waals surface area contributed by atoms with E-state index in [1.807, 2.05) is 6.07 Å². The molecule has 0 amide bonds. The Balaban J connectivity index is 1.33. The molecule has 0 aromatic heterocycles. The van der Waals surface area contributed by atoms with E-state index >= 15 is 0 Å². The monoisotopic (exact) mass is 285 g/mol. The summed E-state index contributed by atoms with van der Waals surface area (Å²) in [5.41, 5.74) is 1.33. The third-order valence-electron chi connectivity index (χ3n) is 6.27. The van der Waals surface area contributed by atoms with Gasteiger partial charge >= 0.3 is 0 Å². The molecule has 4 aliphatic rings. The highest BCUT2D eigenvalue weighted by molar-refractivity contribution is 5.28. The second-order valence-corrected chi connectivity index (χ2v) is 7.58. The van der Waals surface area contributed by atoms with Crippen molar-refractivity contribution in [2.45, 2.75) is 38.6 Å². The molecule has 0 saturated heterocycles. The van der Waals surface area contributed by atoms with E-state index in [0.29, 0.717) is 0 Å².